The van der Waals surface area contributed by atoms with E-state index in [1.807, 2.05) is 24.3 Å². The van der Waals surface area contributed by atoms with Gasteiger partial charge in [-0.3, -0.25) is 9.59 Å². The largest absolute Gasteiger partial charge is 0.481 e. The fourth-order valence-corrected chi connectivity index (χ4v) is 2.69. The zero-order valence-corrected chi connectivity index (χ0v) is 12.3. The monoisotopic (exact) mass is 290 g/mol. The molecule has 3 N–H and O–H groups in total. The third-order valence-corrected chi connectivity index (χ3v) is 4.33. The summed E-state index contributed by atoms with van der Waals surface area (Å²) in [5.41, 5.74) is 6.51. The molecule has 0 atom stereocenters. The van der Waals surface area contributed by atoms with Crippen LogP contribution in [0.2, 0.25) is 0 Å². The Labute approximate surface area is 124 Å². The Kier molecular flexibility index (Phi) is 4.63. The lowest BCUT2D eigenvalue weighted by molar-refractivity contribution is -0.150. The van der Waals surface area contributed by atoms with Crippen molar-refractivity contribution in [3.8, 4) is 0 Å². The number of hydrogen-bond acceptors (Lipinski definition) is 3. The molecule has 1 fully saturated rings. The zero-order chi connectivity index (χ0) is 15.5. The summed E-state index contributed by atoms with van der Waals surface area (Å²) in [6.07, 6.45) is 1.66. The van der Waals surface area contributed by atoms with Gasteiger partial charge in [0.15, 0.2) is 0 Å². The van der Waals surface area contributed by atoms with Gasteiger partial charge >= 0.3 is 5.97 Å². The van der Waals surface area contributed by atoms with E-state index >= 15 is 0 Å². The lowest BCUT2D eigenvalue weighted by Gasteiger charge is -2.36. The molecule has 1 aromatic carbocycles. The summed E-state index contributed by atoms with van der Waals surface area (Å²) in [4.78, 5) is 25.6. The minimum absolute atomic E-state index is 0.0218. The van der Waals surface area contributed by atoms with Gasteiger partial charge in [0.1, 0.15) is 0 Å². The van der Waals surface area contributed by atoms with E-state index in [9.17, 15) is 14.7 Å². The number of amides is 1. The topological polar surface area (TPSA) is 83.6 Å². The lowest BCUT2D eigenvalue weighted by Crippen LogP contribution is -2.45. The molecule has 114 valence electrons. The molecular weight excluding hydrogens is 268 g/mol. The molecule has 1 aliphatic rings. The van der Waals surface area contributed by atoms with Gasteiger partial charge in [-0.1, -0.05) is 18.2 Å². The Bertz CT molecular complexity index is 534. The van der Waals surface area contributed by atoms with Gasteiger partial charge in [-0.15, -0.1) is 0 Å². The average molecular weight is 290 g/mol. The quantitative estimate of drug-likeness (QED) is 0.880. The van der Waals surface area contributed by atoms with Crippen LogP contribution in [0.3, 0.4) is 0 Å². The van der Waals surface area contributed by atoms with Crippen LogP contribution in [0.15, 0.2) is 24.3 Å². The normalized spacial score (nSPS) is 17.5. The van der Waals surface area contributed by atoms with E-state index in [-0.39, 0.29) is 5.91 Å². The van der Waals surface area contributed by atoms with Crippen molar-refractivity contribution in [3.63, 3.8) is 0 Å². The molecule has 2 rings (SSSR count). The third kappa shape index (κ3) is 3.24. The summed E-state index contributed by atoms with van der Waals surface area (Å²) < 4.78 is 0. The molecule has 5 nitrogen and oxygen atoms in total. The van der Waals surface area contributed by atoms with Crippen molar-refractivity contribution < 1.29 is 14.7 Å². The van der Waals surface area contributed by atoms with Crippen molar-refractivity contribution in [2.75, 3.05) is 19.6 Å². The number of nitrogens with zero attached hydrogens (tertiary/aromatic N) is 1. The number of piperidine rings is 1. The summed E-state index contributed by atoms with van der Waals surface area (Å²) in [6.45, 7) is 3.22. The van der Waals surface area contributed by atoms with Crippen LogP contribution < -0.4 is 5.73 Å². The first-order chi connectivity index (χ1) is 9.98. The number of carboxylic acid groups (broad SMARTS) is 1. The molecule has 1 amide bonds. The summed E-state index contributed by atoms with van der Waals surface area (Å²) in [7, 11) is 0. The first kappa shape index (κ1) is 15.5. The van der Waals surface area contributed by atoms with Crippen LogP contribution in [0.5, 0.6) is 0 Å². The van der Waals surface area contributed by atoms with E-state index in [2.05, 4.69) is 0 Å². The maximum Gasteiger partial charge on any atom is 0.309 e. The van der Waals surface area contributed by atoms with Gasteiger partial charge in [-0.25, -0.2) is 0 Å². The maximum atomic E-state index is 12.6. The molecule has 0 saturated carbocycles. The molecule has 1 saturated heterocycles. The van der Waals surface area contributed by atoms with Crippen molar-refractivity contribution in [1.82, 2.24) is 4.90 Å². The fraction of sp³-hybridized carbons (Fsp3) is 0.500. The van der Waals surface area contributed by atoms with Crippen molar-refractivity contribution in [2.24, 2.45) is 11.1 Å². The van der Waals surface area contributed by atoms with E-state index < -0.39 is 11.4 Å². The number of nitrogens with two attached hydrogens (primary N) is 1. The molecule has 0 radical (unpaired) electrons. The number of carbonyl (C=O) groups is 2. The first-order valence-corrected chi connectivity index (χ1v) is 7.28. The number of likely N-dealkylation sites (tertiary alicyclic amines) is 1. The van der Waals surface area contributed by atoms with Crippen LogP contribution in [0.1, 0.15) is 35.7 Å². The molecule has 1 heterocycles. The predicted molar refractivity (Wildman–Crippen MR) is 80.1 cm³/mol. The molecule has 1 aromatic rings. The number of hydrogen-bond donors (Lipinski definition) is 2. The second kappa shape index (κ2) is 6.26. The van der Waals surface area contributed by atoms with Gasteiger partial charge in [0.05, 0.1) is 5.41 Å². The summed E-state index contributed by atoms with van der Waals surface area (Å²) in [5, 5.41) is 9.24. The van der Waals surface area contributed by atoms with Crippen molar-refractivity contribution in [3.05, 3.63) is 35.4 Å². The van der Waals surface area contributed by atoms with E-state index in [0.717, 1.165) is 5.56 Å². The van der Waals surface area contributed by atoms with Crippen molar-refractivity contribution in [2.45, 2.75) is 26.2 Å². The standard InChI is InChI=1S/C16H22N2O3/c1-16(15(20)21)7-10-18(11-8-16)14(19)13-5-3-2-4-12(13)6-9-17/h2-5H,6-11,17H2,1H3,(H,20,21). The molecule has 0 spiro atoms. The molecule has 0 unspecified atom stereocenters. The zero-order valence-electron chi connectivity index (χ0n) is 12.3. The minimum atomic E-state index is -0.780. The Morgan fingerprint density at radius 2 is 1.90 bits per heavy atom. The molecule has 0 aromatic heterocycles. The van der Waals surface area contributed by atoms with Gasteiger partial charge in [0.2, 0.25) is 0 Å². The van der Waals surface area contributed by atoms with E-state index in [1.54, 1.807) is 11.8 Å². The molecular formula is C16H22N2O3. The van der Waals surface area contributed by atoms with Crippen LogP contribution in [-0.4, -0.2) is 41.5 Å². The van der Waals surface area contributed by atoms with Crippen LogP contribution in [0, 0.1) is 5.41 Å². The fourth-order valence-electron chi connectivity index (χ4n) is 2.69. The molecule has 21 heavy (non-hydrogen) atoms. The number of carboxylic acids is 1. The predicted octanol–water partition coefficient (Wildman–Crippen LogP) is 1.51. The molecule has 5 heteroatoms. The highest BCUT2D eigenvalue weighted by atomic mass is 16.4. The highest BCUT2D eigenvalue weighted by molar-refractivity contribution is 5.96. The second-order valence-corrected chi connectivity index (χ2v) is 5.85. The van der Waals surface area contributed by atoms with Gasteiger partial charge in [0, 0.05) is 18.7 Å². The Hall–Kier alpha value is -1.88. The third-order valence-electron chi connectivity index (χ3n) is 4.33. The average Bonchev–Trinajstić information content (AvgIpc) is 2.48. The highest BCUT2D eigenvalue weighted by Gasteiger charge is 2.38. The van der Waals surface area contributed by atoms with Crippen LogP contribution >= 0.6 is 0 Å². The Balaban J connectivity index is 2.11. The second-order valence-electron chi connectivity index (χ2n) is 5.85. The van der Waals surface area contributed by atoms with E-state index in [0.29, 0.717) is 44.5 Å². The van der Waals surface area contributed by atoms with Crippen LogP contribution in [0.4, 0.5) is 0 Å². The van der Waals surface area contributed by atoms with Crippen LogP contribution in [-0.2, 0) is 11.2 Å². The van der Waals surface area contributed by atoms with Gasteiger partial charge in [-0.05, 0) is 44.4 Å². The van der Waals surface area contributed by atoms with E-state index in [1.165, 1.54) is 0 Å². The molecule has 0 aliphatic carbocycles. The maximum absolute atomic E-state index is 12.6. The van der Waals surface area contributed by atoms with Crippen LogP contribution in [0.25, 0.3) is 0 Å². The SMILES string of the molecule is CC1(C(=O)O)CCN(C(=O)c2ccccc2CCN)CC1. The lowest BCUT2D eigenvalue weighted by atomic mass is 9.80. The molecule has 1 aliphatic heterocycles. The summed E-state index contributed by atoms with van der Waals surface area (Å²) in [5.74, 6) is -0.801. The minimum Gasteiger partial charge on any atom is -0.481 e. The summed E-state index contributed by atoms with van der Waals surface area (Å²) >= 11 is 0. The smallest absolute Gasteiger partial charge is 0.309 e. The van der Waals surface area contributed by atoms with Crippen molar-refractivity contribution >= 4 is 11.9 Å². The number of benzene rings is 1. The summed E-state index contributed by atoms with van der Waals surface area (Å²) in [6, 6.07) is 7.49. The highest BCUT2D eigenvalue weighted by Crippen LogP contribution is 2.31. The van der Waals surface area contributed by atoms with Crippen molar-refractivity contribution in [1.29, 1.82) is 0 Å². The van der Waals surface area contributed by atoms with Gasteiger partial charge in [-0.2, -0.15) is 0 Å². The number of carbonyl (C=O) groups excluding carboxylic acids is 1. The molecule has 0 bridgehead atoms. The van der Waals surface area contributed by atoms with Gasteiger partial charge in [0.25, 0.3) is 5.91 Å². The Morgan fingerprint density at radius 1 is 1.29 bits per heavy atom. The Morgan fingerprint density at radius 3 is 2.48 bits per heavy atom. The van der Waals surface area contributed by atoms with E-state index in [4.69, 9.17) is 5.73 Å². The first-order valence-electron chi connectivity index (χ1n) is 7.28. The number of rotatable bonds is 4. The van der Waals surface area contributed by atoms with Gasteiger partial charge < -0.3 is 15.7 Å². The number of aliphatic carboxylic acids is 1.